The van der Waals surface area contributed by atoms with Gasteiger partial charge in [0, 0.05) is 29.2 Å². The standard InChI is InChI=1S/C22H24FN3O7.2ClH/c1-26(2)15-10-4-7-3-9-11(23)5-8(6-24)16(27)13(9)17(28)12(7)19(30)22(10,33)20(31)14(18(15)29)21(25)32;;/h5,7,10,15,27-28,31,33H,3-4,6,24H2,1-2H3,(H2,25,32);2*1H/t7-,10-,15-,22-;;/m0../s1. The summed E-state index contributed by atoms with van der Waals surface area (Å²) in [5, 5.41) is 43.7. The van der Waals surface area contributed by atoms with Gasteiger partial charge in [0.05, 0.1) is 11.6 Å². The van der Waals surface area contributed by atoms with E-state index in [1.165, 1.54) is 19.0 Å². The van der Waals surface area contributed by atoms with Crippen LogP contribution in [0, 0.1) is 17.7 Å². The second-order valence-electron chi connectivity index (χ2n) is 8.89. The van der Waals surface area contributed by atoms with Crippen LogP contribution in [0.3, 0.4) is 0 Å². The summed E-state index contributed by atoms with van der Waals surface area (Å²) in [6.07, 6.45) is -0.219. The van der Waals surface area contributed by atoms with Crippen LogP contribution in [-0.4, -0.2) is 68.5 Å². The fraction of sp³-hybridized carbons (Fsp3) is 0.409. The zero-order chi connectivity index (χ0) is 24.6. The minimum absolute atomic E-state index is 0. The van der Waals surface area contributed by atoms with E-state index in [0.29, 0.717) is 0 Å². The summed E-state index contributed by atoms with van der Waals surface area (Å²) in [5.41, 5.74) is 6.49. The summed E-state index contributed by atoms with van der Waals surface area (Å²) in [5.74, 6) is -8.51. The van der Waals surface area contributed by atoms with Crippen LogP contribution in [0.5, 0.6) is 5.75 Å². The first-order chi connectivity index (χ1) is 15.4. The largest absolute Gasteiger partial charge is 0.508 e. The molecule has 35 heavy (non-hydrogen) atoms. The van der Waals surface area contributed by atoms with Gasteiger partial charge in [0.1, 0.15) is 28.7 Å². The Bertz CT molecular complexity index is 1200. The average Bonchev–Trinajstić information content (AvgIpc) is 2.72. The van der Waals surface area contributed by atoms with Gasteiger partial charge in [-0.1, -0.05) is 0 Å². The van der Waals surface area contributed by atoms with Crippen molar-refractivity contribution in [3.63, 3.8) is 0 Å². The molecular weight excluding hydrogens is 508 g/mol. The number of ketones is 2. The third-order valence-electron chi connectivity index (χ3n) is 6.97. The summed E-state index contributed by atoms with van der Waals surface area (Å²) in [7, 11) is 3.00. The van der Waals surface area contributed by atoms with Crippen molar-refractivity contribution < 1.29 is 39.2 Å². The lowest BCUT2D eigenvalue weighted by Gasteiger charge is -2.50. The number of aliphatic hydroxyl groups excluding tert-OH is 2. The predicted octanol–water partition coefficient (Wildman–Crippen LogP) is 0.405. The molecule has 0 unspecified atom stereocenters. The Morgan fingerprint density at radius 3 is 2.34 bits per heavy atom. The van der Waals surface area contributed by atoms with Crippen LogP contribution in [-0.2, 0) is 27.3 Å². The van der Waals surface area contributed by atoms with Gasteiger partial charge in [-0.15, -0.1) is 24.8 Å². The number of phenolic OH excluding ortho intramolecular Hbond substituents is 1. The number of carbonyl (C=O) groups excluding carboxylic acids is 3. The number of Topliss-reactive ketones (excluding diaryl/α,β-unsaturated/α-hetero) is 2. The number of aliphatic hydroxyl groups is 3. The van der Waals surface area contributed by atoms with Crippen LogP contribution in [0.1, 0.15) is 23.1 Å². The van der Waals surface area contributed by atoms with Gasteiger partial charge in [0.25, 0.3) is 5.91 Å². The first-order valence-electron chi connectivity index (χ1n) is 10.3. The Kier molecular flexibility index (Phi) is 7.66. The number of aromatic hydroxyl groups is 1. The molecule has 3 aliphatic carbocycles. The van der Waals surface area contributed by atoms with Crippen molar-refractivity contribution in [1.82, 2.24) is 4.90 Å². The smallest absolute Gasteiger partial charge is 0.255 e. The number of halogens is 3. The van der Waals surface area contributed by atoms with Gasteiger partial charge in [0.2, 0.25) is 5.78 Å². The topological polar surface area (TPSA) is 187 Å². The summed E-state index contributed by atoms with van der Waals surface area (Å²) in [4.78, 5) is 39.9. The molecule has 0 saturated heterocycles. The van der Waals surface area contributed by atoms with Crippen LogP contribution >= 0.6 is 24.8 Å². The Hall–Kier alpha value is -2.70. The van der Waals surface area contributed by atoms with Crippen molar-refractivity contribution in [2.45, 2.75) is 31.0 Å². The van der Waals surface area contributed by atoms with Crippen LogP contribution < -0.4 is 11.5 Å². The molecule has 192 valence electrons. The summed E-state index contributed by atoms with van der Waals surface area (Å²) in [6.45, 7) is -0.236. The summed E-state index contributed by atoms with van der Waals surface area (Å²) >= 11 is 0. The second-order valence-corrected chi connectivity index (χ2v) is 8.89. The summed E-state index contributed by atoms with van der Waals surface area (Å²) in [6, 6.07) is -0.145. The number of benzene rings is 1. The monoisotopic (exact) mass is 533 g/mol. The number of hydrogen-bond acceptors (Lipinski definition) is 9. The first kappa shape index (κ1) is 28.5. The van der Waals surface area contributed by atoms with E-state index in [-0.39, 0.29) is 66.5 Å². The summed E-state index contributed by atoms with van der Waals surface area (Å²) < 4.78 is 14.8. The van der Waals surface area contributed by atoms with Gasteiger partial charge in [-0.05, 0) is 38.9 Å². The maximum atomic E-state index is 14.8. The van der Waals surface area contributed by atoms with E-state index >= 15 is 0 Å². The van der Waals surface area contributed by atoms with Crippen molar-refractivity contribution >= 4 is 48.0 Å². The lowest BCUT2D eigenvalue weighted by Crippen LogP contribution is -2.65. The molecule has 0 aliphatic heterocycles. The number of primary amides is 1. The van der Waals surface area contributed by atoms with E-state index in [9.17, 15) is 39.2 Å². The lowest BCUT2D eigenvalue weighted by atomic mass is 9.57. The number of carbonyl (C=O) groups is 3. The SMILES string of the molecule is CN(C)[C@@H]1C(=O)C(C(N)=O)=C(O)[C@@]2(O)C(=O)C3=C(O)c4c(O)c(CN)cc(F)c4C[C@H]3C[C@@H]12.Cl.Cl. The van der Waals surface area contributed by atoms with Gasteiger partial charge in [-0.25, -0.2) is 4.39 Å². The van der Waals surface area contributed by atoms with Crippen molar-refractivity contribution in [2.75, 3.05) is 14.1 Å². The van der Waals surface area contributed by atoms with Crippen LogP contribution in [0.25, 0.3) is 5.76 Å². The molecule has 0 spiro atoms. The van der Waals surface area contributed by atoms with Gasteiger partial charge < -0.3 is 31.9 Å². The van der Waals surface area contributed by atoms with Crippen molar-refractivity contribution in [3.8, 4) is 5.75 Å². The maximum Gasteiger partial charge on any atom is 0.255 e. The van der Waals surface area contributed by atoms with Crippen LogP contribution in [0.2, 0.25) is 0 Å². The van der Waals surface area contributed by atoms with Gasteiger partial charge in [0.15, 0.2) is 11.4 Å². The van der Waals surface area contributed by atoms with E-state index in [4.69, 9.17) is 11.5 Å². The Labute approximate surface area is 211 Å². The van der Waals surface area contributed by atoms with Crippen LogP contribution in [0.4, 0.5) is 4.39 Å². The third kappa shape index (κ3) is 3.69. The number of hydrogen-bond donors (Lipinski definition) is 6. The normalized spacial score (nSPS) is 27.5. The highest BCUT2D eigenvalue weighted by Gasteiger charge is 2.64. The molecule has 10 nitrogen and oxygen atoms in total. The van der Waals surface area contributed by atoms with Gasteiger partial charge in [-0.3, -0.25) is 19.3 Å². The van der Waals surface area contributed by atoms with E-state index < -0.39 is 69.6 Å². The maximum absolute atomic E-state index is 14.8. The molecule has 3 aliphatic rings. The van der Waals surface area contributed by atoms with Crippen molar-refractivity contribution in [1.29, 1.82) is 0 Å². The van der Waals surface area contributed by atoms with Gasteiger partial charge >= 0.3 is 0 Å². The molecule has 0 radical (unpaired) electrons. The van der Waals surface area contributed by atoms with Crippen LogP contribution in [0.15, 0.2) is 23.0 Å². The molecular formula is C22H26Cl2FN3O7. The molecule has 0 aromatic heterocycles. The molecule has 8 N–H and O–H groups in total. The number of amides is 1. The van der Waals surface area contributed by atoms with E-state index in [1.54, 1.807) is 0 Å². The molecule has 1 aromatic rings. The van der Waals surface area contributed by atoms with E-state index in [2.05, 4.69) is 0 Å². The highest BCUT2D eigenvalue weighted by molar-refractivity contribution is 6.24. The molecule has 1 fully saturated rings. The number of nitrogens with zero attached hydrogens (tertiary/aromatic N) is 1. The number of phenols is 1. The Balaban J connectivity index is 0.00000216. The molecule has 4 atom stereocenters. The number of rotatable bonds is 3. The first-order valence-corrected chi connectivity index (χ1v) is 10.3. The average molecular weight is 534 g/mol. The molecule has 0 bridgehead atoms. The Morgan fingerprint density at radius 1 is 1.23 bits per heavy atom. The molecule has 1 amide bonds. The molecule has 1 saturated carbocycles. The van der Waals surface area contributed by atoms with Gasteiger partial charge in [-0.2, -0.15) is 0 Å². The quantitative estimate of drug-likeness (QED) is 0.299. The molecule has 1 aromatic carbocycles. The second kappa shape index (κ2) is 9.40. The highest BCUT2D eigenvalue weighted by atomic mass is 35.5. The van der Waals surface area contributed by atoms with Crippen molar-refractivity contribution in [3.05, 3.63) is 45.5 Å². The van der Waals surface area contributed by atoms with Crippen molar-refractivity contribution in [2.24, 2.45) is 23.3 Å². The predicted molar refractivity (Wildman–Crippen MR) is 127 cm³/mol. The molecule has 13 heteroatoms. The van der Waals surface area contributed by atoms with E-state index in [1.807, 2.05) is 0 Å². The highest BCUT2D eigenvalue weighted by Crippen LogP contribution is 2.53. The third-order valence-corrected chi connectivity index (χ3v) is 6.97. The number of likely N-dealkylation sites (N-methyl/N-ethyl adjacent to an activating group) is 1. The fourth-order valence-corrected chi connectivity index (χ4v) is 5.47. The lowest BCUT2D eigenvalue weighted by molar-refractivity contribution is -0.153. The minimum atomic E-state index is -2.73. The Morgan fingerprint density at radius 2 is 1.83 bits per heavy atom. The fourth-order valence-electron chi connectivity index (χ4n) is 5.47. The zero-order valence-electron chi connectivity index (χ0n) is 18.7. The molecule has 0 heterocycles. The zero-order valence-corrected chi connectivity index (χ0v) is 20.4. The molecule has 4 rings (SSSR count). The minimum Gasteiger partial charge on any atom is -0.508 e. The number of fused-ring (bicyclic) bond motifs is 3. The van der Waals surface area contributed by atoms with E-state index in [0.717, 1.165) is 6.07 Å². The number of nitrogens with two attached hydrogens (primary N) is 2.